The van der Waals surface area contributed by atoms with E-state index in [4.69, 9.17) is 0 Å². The van der Waals surface area contributed by atoms with E-state index in [-0.39, 0.29) is 12.2 Å². The van der Waals surface area contributed by atoms with Crippen LogP contribution < -0.4 is 0 Å². The molecule has 1 aromatic heterocycles. The first-order chi connectivity index (χ1) is 12.0. The summed E-state index contributed by atoms with van der Waals surface area (Å²) >= 11 is 0. The van der Waals surface area contributed by atoms with Gasteiger partial charge in [-0.2, -0.15) is 13.2 Å². The van der Waals surface area contributed by atoms with Gasteiger partial charge in [0.2, 0.25) is 0 Å². The maximum atomic E-state index is 13.1. The Balaban J connectivity index is 2.09. The molecule has 0 N–H and O–H groups in total. The van der Waals surface area contributed by atoms with Crippen molar-refractivity contribution in [1.29, 1.82) is 0 Å². The van der Waals surface area contributed by atoms with E-state index in [9.17, 15) is 21.6 Å². The number of sulfone groups is 1. The molecule has 0 saturated heterocycles. The average Bonchev–Trinajstić information content (AvgIpc) is 3.01. The Kier molecular flexibility index (Phi) is 4.30. The normalized spacial score (nSPS) is 20.9. The highest BCUT2D eigenvalue weighted by Gasteiger charge is 2.38. The van der Waals surface area contributed by atoms with Crippen molar-refractivity contribution in [2.75, 3.05) is 6.26 Å². The predicted molar refractivity (Wildman–Crippen MR) is 91.7 cm³/mol. The van der Waals surface area contributed by atoms with Crippen LogP contribution in [0.3, 0.4) is 0 Å². The number of halogens is 3. The summed E-state index contributed by atoms with van der Waals surface area (Å²) in [5.41, 5.74) is 0.814. The van der Waals surface area contributed by atoms with E-state index in [0.29, 0.717) is 11.3 Å². The van der Waals surface area contributed by atoms with E-state index >= 15 is 0 Å². The topological polar surface area (TPSA) is 64.8 Å². The molecule has 1 unspecified atom stereocenters. The van der Waals surface area contributed by atoms with Crippen molar-refractivity contribution < 1.29 is 21.6 Å². The van der Waals surface area contributed by atoms with Gasteiger partial charge in [-0.25, -0.2) is 18.1 Å². The minimum absolute atomic E-state index is 0.0387. The molecular formula is C17H16F3N3O2S. The summed E-state index contributed by atoms with van der Waals surface area (Å²) in [6.07, 6.45) is 1.07. The number of nitrogens with zero attached hydrogens (tertiary/aromatic N) is 3. The molecule has 1 atom stereocenters. The Hall–Kier alpha value is -2.42. The summed E-state index contributed by atoms with van der Waals surface area (Å²) in [7, 11) is -3.37. The summed E-state index contributed by atoms with van der Waals surface area (Å²) in [5, 5.41) is 3.60. The highest BCUT2D eigenvalue weighted by Crippen LogP contribution is 2.33. The van der Waals surface area contributed by atoms with Crippen molar-refractivity contribution in [3.8, 4) is 11.4 Å². The molecule has 9 heteroatoms. The molecule has 138 valence electrons. The number of hydrogen-bond acceptors (Lipinski definition) is 4. The van der Waals surface area contributed by atoms with Crippen LogP contribution in [0.2, 0.25) is 0 Å². The lowest BCUT2D eigenvalue weighted by Gasteiger charge is -2.26. The zero-order valence-electron chi connectivity index (χ0n) is 14.0. The molecule has 0 spiro atoms. The summed E-state index contributed by atoms with van der Waals surface area (Å²) in [6, 6.07) is 8.38. The molecule has 1 aliphatic carbocycles. The maximum absolute atomic E-state index is 13.1. The number of alkyl halides is 3. The fourth-order valence-electron chi connectivity index (χ4n) is 2.52. The summed E-state index contributed by atoms with van der Waals surface area (Å²) in [6.45, 7) is 1.56. The van der Waals surface area contributed by atoms with Gasteiger partial charge in [-0.3, -0.25) is 0 Å². The minimum Gasteiger partial charge on any atom is -0.228 e. The standard InChI is InChI=1S/C17H16F3N3O2S/c1-16(26(2,24)25)10-8-13(9-11-16)23-14(12-6-4-3-5-7-12)21-15(22-23)17(18,19)20/h3-10H,11H2,1-2H3. The van der Waals surface area contributed by atoms with Crippen LogP contribution in [-0.4, -0.2) is 34.2 Å². The number of hydrogen-bond donors (Lipinski definition) is 0. The average molecular weight is 383 g/mol. The smallest absolute Gasteiger partial charge is 0.228 e. The molecule has 0 fully saturated rings. The molecule has 26 heavy (non-hydrogen) atoms. The van der Waals surface area contributed by atoms with E-state index in [1.807, 2.05) is 0 Å². The molecule has 0 saturated carbocycles. The summed E-state index contributed by atoms with van der Waals surface area (Å²) < 4.78 is 63.1. The molecule has 1 aromatic carbocycles. The van der Waals surface area contributed by atoms with Crippen molar-refractivity contribution in [3.63, 3.8) is 0 Å². The Bertz CT molecular complexity index is 992. The van der Waals surface area contributed by atoms with Gasteiger partial charge in [0, 0.05) is 11.8 Å². The van der Waals surface area contributed by atoms with Gasteiger partial charge in [-0.1, -0.05) is 42.5 Å². The van der Waals surface area contributed by atoms with E-state index in [0.717, 1.165) is 10.9 Å². The Labute approximate surface area is 148 Å². The van der Waals surface area contributed by atoms with E-state index in [1.165, 1.54) is 12.2 Å². The fraction of sp³-hybridized carbons (Fsp3) is 0.294. The molecule has 1 heterocycles. The molecule has 0 radical (unpaired) electrons. The third-order valence-electron chi connectivity index (χ3n) is 4.31. The molecule has 1 aliphatic rings. The molecule has 0 aliphatic heterocycles. The molecule has 0 amide bonds. The van der Waals surface area contributed by atoms with Crippen LogP contribution in [0.25, 0.3) is 17.1 Å². The Morgan fingerprint density at radius 2 is 1.85 bits per heavy atom. The summed E-state index contributed by atoms with van der Waals surface area (Å²) in [5.74, 6) is -1.21. The van der Waals surface area contributed by atoms with Gasteiger partial charge >= 0.3 is 6.18 Å². The largest absolute Gasteiger partial charge is 0.453 e. The second-order valence-electron chi connectivity index (χ2n) is 6.29. The van der Waals surface area contributed by atoms with Crippen LogP contribution in [0.5, 0.6) is 0 Å². The fourth-order valence-corrected chi connectivity index (χ4v) is 3.22. The highest BCUT2D eigenvalue weighted by molar-refractivity contribution is 7.92. The van der Waals surface area contributed by atoms with Crippen molar-refractivity contribution in [3.05, 3.63) is 54.4 Å². The zero-order valence-corrected chi connectivity index (χ0v) is 14.8. The first-order valence-electron chi connectivity index (χ1n) is 7.70. The van der Waals surface area contributed by atoms with E-state index < -0.39 is 26.6 Å². The van der Waals surface area contributed by atoms with Gasteiger partial charge in [0.05, 0.1) is 10.4 Å². The highest BCUT2D eigenvalue weighted by atomic mass is 32.2. The summed E-state index contributed by atoms with van der Waals surface area (Å²) in [4.78, 5) is 3.65. The number of aromatic nitrogens is 3. The maximum Gasteiger partial charge on any atom is 0.453 e. The third kappa shape index (κ3) is 3.31. The van der Waals surface area contributed by atoms with Crippen LogP contribution in [0.4, 0.5) is 13.2 Å². The lowest BCUT2D eigenvalue weighted by Crippen LogP contribution is -2.33. The van der Waals surface area contributed by atoms with Gasteiger partial charge < -0.3 is 0 Å². The van der Waals surface area contributed by atoms with E-state index in [2.05, 4.69) is 10.1 Å². The van der Waals surface area contributed by atoms with Gasteiger partial charge in [0.1, 0.15) is 0 Å². The van der Waals surface area contributed by atoms with Gasteiger partial charge in [0.15, 0.2) is 15.7 Å². The lowest BCUT2D eigenvalue weighted by atomic mass is 10.0. The number of benzene rings is 1. The molecular weight excluding hydrogens is 367 g/mol. The van der Waals surface area contributed by atoms with Crippen molar-refractivity contribution >= 4 is 15.5 Å². The van der Waals surface area contributed by atoms with Gasteiger partial charge in [-0.05, 0) is 19.4 Å². The number of allylic oxidation sites excluding steroid dienone is 3. The molecule has 5 nitrogen and oxygen atoms in total. The quantitative estimate of drug-likeness (QED) is 0.813. The first kappa shape index (κ1) is 18.4. The van der Waals surface area contributed by atoms with Gasteiger partial charge in [-0.15, -0.1) is 5.10 Å². The lowest BCUT2D eigenvalue weighted by molar-refractivity contribution is -0.144. The minimum atomic E-state index is -4.69. The second-order valence-corrected chi connectivity index (χ2v) is 8.76. The van der Waals surface area contributed by atoms with Crippen LogP contribution in [0.1, 0.15) is 19.2 Å². The SMILES string of the molecule is CC1(S(C)(=O)=O)C=CC(n2nc(C(F)(F)F)nc2-c2ccccc2)=CC1. The van der Waals surface area contributed by atoms with Crippen LogP contribution >= 0.6 is 0 Å². The molecule has 2 aromatic rings. The number of rotatable bonds is 3. The van der Waals surface area contributed by atoms with Crippen molar-refractivity contribution in [2.24, 2.45) is 0 Å². The monoisotopic (exact) mass is 383 g/mol. The van der Waals surface area contributed by atoms with E-state index in [1.54, 1.807) is 43.3 Å². The third-order valence-corrected chi connectivity index (χ3v) is 6.30. The van der Waals surface area contributed by atoms with Crippen LogP contribution in [-0.2, 0) is 16.0 Å². The molecule has 0 bridgehead atoms. The van der Waals surface area contributed by atoms with Crippen molar-refractivity contribution in [1.82, 2.24) is 14.8 Å². The zero-order chi connectivity index (χ0) is 19.2. The van der Waals surface area contributed by atoms with Crippen LogP contribution in [0, 0.1) is 0 Å². The van der Waals surface area contributed by atoms with Crippen molar-refractivity contribution in [2.45, 2.75) is 24.3 Å². The molecule has 3 rings (SSSR count). The second kappa shape index (κ2) is 6.08. The van der Waals surface area contributed by atoms with Crippen LogP contribution in [0.15, 0.2) is 48.6 Å². The predicted octanol–water partition coefficient (Wildman–Crippen LogP) is 3.57. The Morgan fingerprint density at radius 3 is 2.35 bits per heavy atom. The first-order valence-corrected chi connectivity index (χ1v) is 9.59. The Morgan fingerprint density at radius 1 is 1.19 bits per heavy atom. The van der Waals surface area contributed by atoms with Gasteiger partial charge in [0.25, 0.3) is 5.82 Å².